The lowest BCUT2D eigenvalue weighted by Gasteiger charge is -2.28. The van der Waals surface area contributed by atoms with Crippen molar-refractivity contribution >= 4 is 11.8 Å². The van der Waals surface area contributed by atoms with Crippen molar-refractivity contribution in [1.29, 1.82) is 0 Å². The highest BCUT2D eigenvalue weighted by Crippen LogP contribution is 2.29. The zero-order valence-corrected chi connectivity index (χ0v) is 18.7. The summed E-state index contributed by atoms with van der Waals surface area (Å²) in [6.45, 7) is 1.17. The molecular formula is C23H31N3O5. The molecule has 0 unspecified atom stereocenters. The van der Waals surface area contributed by atoms with Crippen molar-refractivity contribution in [2.75, 3.05) is 41.0 Å². The Balaban J connectivity index is 1.79. The molecule has 0 atom stereocenters. The van der Waals surface area contributed by atoms with Gasteiger partial charge < -0.3 is 28.6 Å². The summed E-state index contributed by atoms with van der Waals surface area (Å²) in [5.41, 5.74) is 1.47. The van der Waals surface area contributed by atoms with E-state index in [9.17, 15) is 9.59 Å². The molecule has 0 bridgehead atoms. The molecule has 8 nitrogen and oxygen atoms in total. The number of ether oxygens (including phenoxy) is 3. The van der Waals surface area contributed by atoms with E-state index in [-0.39, 0.29) is 24.4 Å². The van der Waals surface area contributed by atoms with Crippen molar-refractivity contribution in [2.45, 2.75) is 25.4 Å². The van der Waals surface area contributed by atoms with E-state index < -0.39 is 0 Å². The number of amides is 2. The van der Waals surface area contributed by atoms with Crippen LogP contribution < -0.4 is 9.47 Å². The van der Waals surface area contributed by atoms with E-state index in [0.29, 0.717) is 36.8 Å². The maximum atomic E-state index is 13.3. The molecule has 0 saturated heterocycles. The van der Waals surface area contributed by atoms with Gasteiger partial charge in [0.25, 0.3) is 5.91 Å². The molecule has 1 fully saturated rings. The van der Waals surface area contributed by atoms with E-state index >= 15 is 0 Å². The lowest BCUT2D eigenvalue weighted by atomic mass is 10.1. The van der Waals surface area contributed by atoms with E-state index in [2.05, 4.69) is 0 Å². The lowest BCUT2D eigenvalue weighted by molar-refractivity contribution is -0.133. The average Bonchev–Trinajstić information content (AvgIpc) is 3.55. The molecule has 2 amide bonds. The van der Waals surface area contributed by atoms with Gasteiger partial charge in [-0.3, -0.25) is 9.59 Å². The summed E-state index contributed by atoms with van der Waals surface area (Å²) in [5.74, 6) is 0.702. The second-order valence-corrected chi connectivity index (χ2v) is 7.68. The Hall–Kier alpha value is -3.00. The molecule has 0 aliphatic heterocycles. The molecule has 31 heavy (non-hydrogen) atoms. The number of nitrogens with zero attached hydrogens (tertiary/aromatic N) is 3. The lowest BCUT2D eigenvalue weighted by Crippen LogP contribution is -2.44. The Morgan fingerprint density at radius 3 is 2.29 bits per heavy atom. The van der Waals surface area contributed by atoms with Crippen LogP contribution in [0.4, 0.5) is 0 Å². The number of carbonyl (C=O) groups excluding carboxylic acids is 2. The third-order valence-corrected chi connectivity index (χ3v) is 5.47. The highest BCUT2D eigenvalue weighted by molar-refractivity contribution is 5.97. The third-order valence-electron chi connectivity index (χ3n) is 5.47. The third kappa shape index (κ3) is 5.79. The van der Waals surface area contributed by atoms with Crippen molar-refractivity contribution < 1.29 is 23.8 Å². The van der Waals surface area contributed by atoms with Gasteiger partial charge in [-0.05, 0) is 37.1 Å². The van der Waals surface area contributed by atoms with Crippen molar-refractivity contribution in [3.63, 3.8) is 0 Å². The number of hydrogen-bond donors (Lipinski definition) is 0. The number of rotatable bonds is 11. The van der Waals surface area contributed by atoms with Crippen LogP contribution in [-0.4, -0.2) is 73.2 Å². The molecule has 1 aliphatic carbocycles. The van der Waals surface area contributed by atoms with Gasteiger partial charge in [0.1, 0.15) is 18.0 Å². The van der Waals surface area contributed by atoms with Crippen LogP contribution in [0.2, 0.25) is 0 Å². The zero-order valence-electron chi connectivity index (χ0n) is 18.7. The molecule has 1 aliphatic rings. The number of benzene rings is 1. The van der Waals surface area contributed by atoms with Gasteiger partial charge in [-0.2, -0.15) is 0 Å². The topological polar surface area (TPSA) is 73.2 Å². The van der Waals surface area contributed by atoms with Gasteiger partial charge in [0.05, 0.1) is 27.4 Å². The van der Waals surface area contributed by atoms with Gasteiger partial charge in [0, 0.05) is 50.3 Å². The minimum absolute atomic E-state index is 0.0113. The predicted molar refractivity (Wildman–Crippen MR) is 116 cm³/mol. The highest BCUT2D eigenvalue weighted by atomic mass is 16.5. The van der Waals surface area contributed by atoms with Crippen LogP contribution in [0.25, 0.3) is 0 Å². The van der Waals surface area contributed by atoms with Crippen molar-refractivity contribution in [3.05, 3.63) is 47.8 Å². The zero-order chi connectivity index (χ0) is 22.4. The molecule has 1 heterocycles. The first kappa shape index (κ1) is 22.7. The first-order valence-electron chi connectivity index (χ1n) is 10.4. The quantitative estimate of drug-likeness (QED) is 0.548. The van der Waals surface area contributed by atoms with E-state index in [1.54, 1.807) is 25.3 Å². The van der Waals surface area contributed by atoms with Gasteiger partial charge in [-0.15, -0.1) is 0 Å². The molecule has 1 aromatic heterocycles. The molecule has 0 spiro atoms. The summed E-state index contributed by atoms with van der Waals surface area (Å²) in [6.07, 6.45) is 3.96. The maximum absolute atomic E-state index is 13.3. The Morgan fingerprint density at radius 2 is 1.77 bits per heavy atom. The Labute approximate surface area is 183 Å². The van der Waals surface area contributed by atoms with Gasteiger partial charge in [-0.1, -0.05) is 0 Å². The van der Waals surface area contributed by atoms with E-state index in [1.807, 2.05) is 34.8 Å². The summed E-state index contributed by atoms with van der Waals surface area (Å²) in [4.78, 5) is 29.9. The standard InChI is InChI=1S/C23H31N3O5/c1-24-9-5-6-19(24)15-26(18-7-8-18)22(27)16-25(10-11-29-2)23(28)17-12-20(30-3)14-21(13-17)31-4/h5-6,9,12-14,18H,7-8,10-11,15-16H2,1-4H3. The largest absolute Gasteiger partial charge is 0.497 e. The van der Waals surface area contributed by atoms with Crippen LogP contribution in [0.15, 0.2) is 36.5 Å². The summed E-state index contributed by atoms with van der Waals surface area (Å²) in [5, 5.41) is 0. The van der Waals surface area contributed by atoms with Crippen LogP contribution in [0.1, 0.15) is 28.9 Å². The smallest absolute Gasteiger partial charge is 0.254 e. The second kappa shape index (κ2) is 10.3. The molecule has 168 valence electrons. The first-order valence-corrected chi connectivity index (χ1v) is 10.4. The summed E-state index contributed by atoms with van der Waals surface area (Å²) < 4.78 is 17.8. The number of aromatic nitrogens is 1. The number of carbonyl (C=O) groups is 2. The van der Waals surface area contributed by atoms with Crippen LogP contribution in [0, 0.1) is 0 Å². The molecule has 1 aromatic carbocycles. The first-order chi connectivity index (χ1) is 15.0. The van der Waals surface area contributed by atoms with Crippen molar-refractivity contribution in [2.24, 2.45) is 7.05 Å². The normalized spacial score (nSPS) is 13.0. The fourth-order valence-electron chi connectivity index (χ4n) is 3.46. The highest BCUT2D eigenvalue weighted by Gasteiger charge is 2.34. The number of methoxy groups -OCH3 is 3. The van der Waals surface area contributed by atoms with Crippen LogP contribution in [-0.2, 0) is 23.1 Å². The summed E-state index contributed by atoms with van der Waals surface area (Å²) >= 11 is 0. The van der Waals surface area contributed by atoms with Crippen molar-refractivity contribution in [1.82, 2.24) is 14.4 Å². The Kier molecular flexibility index (Phi) is 7.57. The van der Waals surface area contributed by atoms with Gasteiger partial charge in [0.15, 0.2) is 0 Å². The predicted octanol–water partition coefficient (Wildman–Crippen LogP) is 2.32. The maximum Gasteiger partial charge on any atom is 0.254 e. The molecule has 0 N–H and O–H groups in total. The van der Waals surface area contributed by atoms with Crippen molar-refractivity contribution in [3.8, 4) is 11.5 Å². The van der Waals surface area contributed by atoms with Crippen LogP contribution in [0.3, 0.4) is 0 Å². The second-order valence-electron chi connectivity index (χ2n) is 7.68. The summed E-state index contributed by atoms with van der Waals surface area (Å²) in [7, 11) is 6.61. The Bertz CT molecular complexity index is 884. The van der Waals surface area contributed by atoms with Crippen LogP contribution in [0.5, 0.6) is 11.5 Å². The van der Waals surface area contributed by atoms with Crippen LogP contribution >= 0.6 is 0 Å². The fourth-order valence-corrected chi connectivity index (χ4v) is 3.46. The molecule has 2 aromatic rings. The molecule has 0 radical (unpaired) electrons. The van der Waals surface area contributed by atoms with Gasteiger partial charge >= 0.3 is 0 Å². The SMILES string of the molecule is COCCN(CC(=O)N(Cc1cccn1C)C1CC1)C(=O)c1cc(OC)cc(OC)c1. The Morgan fingerprint density at radius 1 is 1.10 bits per heavy atom. The van der Waals surface area contributed by atoms with Gasteiger partial charge in [-0.25, -0.2) is 0 Å². The minimum Gasteiger partial charge on any atom is -0.497 e. The number of hydrogen-bond acceptors (Lipinski definition) is 5. The average molecular weight is 430 g/mol. The van der Waals surface area contributed by atoms with E-state index in [1.165, 1.54) is 19.1 Å². The van der Waals surface area contributed by atoms with E-state index in [4.69, 9.17) is 14.2 Å². The molecule has 1 saturated carbocycles. The fraction of sp³-hybridized carbons (Fsp3) is 0.478. The monoisotopic (exact) mass is 429 g/mol. The number of aryl methyl sites for hydroxylation is 1. The summed E-state index contributed by atoms with van der Waals surface area (Å²) in [6, 6.07) is 9.22. The minimum atomic E-state index is -0.266. The van der Waals surface area contributed by atoms with Gasteiger partial charge in [0.2, 0.25) is 5.91 Å². The van der Waals surface area contributed by atoms with E-state index in [0.717, 1.165) is 18.5 Å². The molecular weight excluding hydrogens is 398 g/mol. The molecule has 8 heteroatoms. The molecule has 3 rings (SSSR count).